The fourth-order valence-corrected chi connectivity index (χ4v) is 2.38. The molecule has 0 aliphatic heterocycles. The fraction of sp³-hybridized carbons (Fsp3) is 0.231. The van der Waals surface area contributed by atoms with E-state index in [9.17, 15) is 9.59 Å². The van der Waals surface area contributed by atoms with Crippen LogP contribution in [0, 0.1) is 0 Å². The Labute approximate surface area is 123 Å². The second kappa shape index (κ2) is 4.85. The number of esters is 1. The van der Waals surface area contributed by atoms with Crippen LogP contribution < -0.4 is 5.56 Å². The first-order valence-corrected chi connectivity index (χ1v) is 6.63. The van der Waals surface area contributed by atoms with Gasteiger partial charge in [0.05, 0.1) is 17.5 Å². The van der Waals surface area contributed by atoms with Crippen molar-refractivity contribution in [3.05, 3.63) is 39.3 Å². The molecule has 0 N–H and O–H groups in total. The lowest BCUT2D eigenvalue weighted by Crippen LogP contribution is -2.21. The molecule has 3 rings (SSSR count). The highest BCUT2D eigenvalue weighted by Gasteiger charge is 2.21. The van der Waals surface area contributed by atoms with Crippen LogP contribution in [0.3, 0.4) is 0 Å². The summed E-state index contributed by atoms with van der Waals surface area (Å²) in [4.78, 5) is 24.3. The number of rotatable bonds is 2. The molecular formula is C13H11ClN4O3. The van der Waals surface area contributed by atoms with Crippen molar-refractivity contribution in [3.63, 3.8) is 0 Å². The van der Waals surface area contributed by atoms with Gasteiger partial charge in [-0.15, -0.1) is 5.10 Å². The summed E-state index contributed by atoms with van der Waals surface area (Å²) < 4.78 is 7.67. The Morgan fingerprint density at radius 3 is 2.90 bits per heavy atom. The van der Waals surface area contributed by atoms with Crippen molar-refractivity contribution in [1.29, 1.82) is 0 Å². The van der Waals surface area contributed by atoms with Gasteiger partial charge in [0.25, 0.3) is 5.56 Å². The topological polar surface area (TPSA) is 78.5 Å². The first kappa shape index (κ1) is 13.6. The van der Waals surface area contributed by atoms with E-state index in [-0.39, 0.29) is 23.5 Å². The van der Waals surface area contributed by atoms with Crippen LogP contribution in [0.2, 0.25) is 5.02 Å². The summed E-state index contributed by atoms with van der Waals surface area (Å²) in [6.45, 7) is 1.91. The molecule has 2 aromatic heterocycles. The molecule has 0 bridgehead atoms. The van der Waals surface area contributed by atoms with Crippen molar-refractivity contribution in [2.24, 2.45) is 7.05 Å². The maximum atomic E-state index is 12.4. The molecule has 0 spiro atoms. The van der Waals surface area contributed by atoms with Crippen molar-refractivity contribution < 1.29 is 9.53 Å². The second-order valence-corrected chi connectivity index (χ2v) is 4.86. The fourth-order valence-electron chi connectivity index (χ4n) is 2.21. The molecule has 0 aliphatic carbocycles. The molecule has 0 unspecified atom stereocenters. The summed E-state index contributed by atoms with van der Waals surface area (Å²) in [7, 11) is 1.55. The summed E-state index contributed by atoms with van der Waals surface area (Å²) in [6.07, 6.45) is 0. The van der Waals surface area contributed by atoms with Crippen LogP contribution in [-0.2, 0) is 11.8 Å². The molecular weight excluding hydrogens is 296 g/mol. The summed E-state index contributed by atoms with van der Waals surface area (Å²) in [5.41, 5.74) is 0.537. The summed E-state index contributed by atoms with van der Waals surface area (Å²) in [6, 6.07) is 4.87. The Kier molecular flexibility index (Phi) is 3.13. The van der Waals surface area contributed by atoms with E-state index < -0.39 is 5.97 Å². The van der Waals surface area contributed by atoms with Crippen LogP contribution in [0.5, 0.6) is 0 Å². The van der Waals surface area contributed by atoms with Crippen LogP contribution in [0.25, 0.3) is 16.6 Å². The summed E-state index contributed by atoms with van der Waals surface area (Å²) >= 11 is 5.92. The average Bonchev–Trinajstić information content (AvgIpc) is 2.90. The average molecular weight is 307 g/mol. The predicted molar refractivity (Wildman–Crippen MR) is 76.7 cm³/mol. The Balaban J connectivity index is 2.44. The number of ether oxygens (including phenoxy) is 1. The van der Waals surface area contributed by atoms with Crippen molar-refractivity contribution in [2.45, 2.75) is 6.92 Å². The Morgan fingerprint density at radius 2 is 2.19 bits per heavy atom. The lowest BCUT2D eigenvalue weighted by Gasteiger charge is -2.07. The van der Waals surface area contributed by atoms with Crippen molar-refractivity contribution in [1.82, 2.24) is 19.4 Å². The standard InChI is InChI=1S/C13H11ClN4O3/c1-3-21-13(20)10-11-17(2)12(19)8-6-7(14)4-5-9(8)18(11)16-15-10/h4-6H,3H2,1-2H3. The number of hydrogen-bond acceptors (Lipinski definition) is 5. The number of nitrogens with zero attached hydrogens (tertiary/aromatic N) is 4. The zero-order valence-electron chi connectivity index (χ0n) is 11.3. The van der Waals surface area contributed by atoms with Gasteiger partial charge in [-0.1, -0.05) is 16.8 Å². The van der Waals surface area contributed by atoms with Crippen LogP contribution in [0.4, 0.5) is 0 Å². The highest BCUT2D eigenvalue weighted by Crippen LogP contribution is 2.18. The maximum Gasteiger partial charge on any atom is 0.362 e. The molecule has 2 heterocycles. The van der Waals surface area contributed by atoms with Crippen molar-refractivity contribution >= 4 is 34.1 Å². The summed E-state index contributed by atoms with van der Waals surface area (Å²) in [5.74, 6) is -0.615. The Bertz CT molecular complexity index is 928. The SMILES string of the molecule is CCOC(=O)c1nnn2c3ccc(Cl)cc3c(=O)n(C)c12. The minimum absolute atomic E-state index is 0.00769. The van der Waals surface area contributed by atoms with Crippen LogP contribution in [0.15, 0.2) is 23.0 Å². The number of aryl methyl sites for hydroxylation is 1. The van der Waals surface area contributed by atoms with E-state index in [1.807, 2.05) is 0 Å². The van der Waals surface area contributed by atoms with E-state index in [0.29, 0.717) is 15.9 Å². The van der Waals surface area contributed by atoms with Gasteiger partial charge in [0.15, 0.2) is 5.65 Å². The van der Waals surface area contributed by atoms with Crippen LogP contribution in [-0.4, -0.2) is 32.0 Å². The van der Waals surface area contributed by atoms with Gasteiger partial charge in [0, 0.05) is 12.1 Å². The van der Waals surface area contributed by atoms with E-state index in [1.165, 1.54) is 9.08 Å². The van der Waals surface area contributed by atoms with E-state index in [4.69, 9.17) is 16.3 Å². The molecule has 0 amide bonds. The zero-order valence-corrected chi connectivity index (χ0v) is 12.1. The molecule has 0 radical (unpaired) electrons. The molecule has 21 heavy (non-hydrogen) atoms. The number of carbonyl (C=O) groups excluding carboxylic acids is 1. The highest BCUT2D eigenvalue weighted by molar-refractivity contribution is 6.31. The van der Waals surface area contributed by atoms with Crippen LogP contribution in [0.1, 0.15) is 17.4 Å². The quantitative estimate of drug-likeness (QED) is 0.669. The zero-order chi connectivity index (χ0) is 15.1. The third-order valence-corrected chi connectivity index (χ3v) is 3.39. The van der Waals surface area contributed by atoms with Crippen molar-refractivity contribution in [2.75, 3.05) is 6.61 Å². The molecule has 0 saturated heterocycles. The molecule has 0 aliphatic rings. The van der Waals surface area contributed by atoms with E-state index >= 15 is 0 Å². The van der Waals surface area contributed by atoms with Gasteiger partial charge in [0.1, 0.15) is 0 Å². The minimum Gasteiger partial charge on any atom is -0.461 e. The largest absolute Gasteiger partial charge is 0.461 e. The first-order valence-electron chi connectivity index (χ1n) is 6.25. The number of aromatic nitrogens is 4. The Morgan fingerprint density at radius 1 is 1.43 bits per heavy atom. The molecule has 1 aromatic carbocycles. The van der Waals surface area contributed by atoms with E-state index in [2.05, 4.69) is 10.3 Å². The second-order valence-electron chi connectivity index (χ2n) is 4.42. The number of carbonyl (C=O) groups is 1. The number of benzene rings is 1. The maximum absolute atomic E-state index is 12.4. The highest BCUT2D eigenvalue weighted by atomic mass is 35.5. The monoisotopic (exact) mass is 306 g/mol. The first-order chi connectivity index (χ1) is 10.0. The van der Waals surface area contributed by atoms with Gasteiger partial charge < -0.3 is 4.74 Å². The third-order valence-electron chi connectivity index (χ3n) is 3.15. The molecule has 7 nitrogen and oxygen atoms in total. The Hall–Kier alpha value is -2.41. The number of hydrogen-bond donors (Lipinski definition) is 0. The smallest absolute Gasteiger partial charge is 0.362 e. The number of halogens is 1. The van der Waals surface area contributed by atoms with Gasteiger partial charge in [-0.3, -0.25) is 9.36 Å². The van der Waals surface area contributed by atoms with E-state index in [0.717, 1.165) is 0 Å². The van der Waals surface area contributed by atoms with Gasteiger partial charge >= 0.3 is 5.97 Å². The molecule has 0 saturated carbocycles. The van der Waals surface area contributed by atoms with Crippen molar-refractivity contribution in [3.8, 4) is 0 Å². The van der Waals surface area contributed by atoms with E-state index in [1.54, 1.807) is 32.2 Å². The molecule has 8 heteroatoms. The molecule has 108 valence electrons. The third kappa shape index (κ3) is 1.97. The number of fused-ring (bicyclic) bond motifs is 3. The predicted octanol–water partition coefficient (Wildman–Crippen LogP) is 1.41. The lowest BCUT2D eigenvalue weighted by molar-refractivity contribution is 0.0521. The van der Waals surface area contributed by atoms with Gasteiger partial charge in [-0.25, -0.2) is 4.79 Å². The molecule has 0 fully saturated rings. The van der Waals surface area contributed by atoms with Crippen LogP contribution >= 0.6 is 11.6 Å². The molecule has 3 aromatic rings. The molecule has 0 atom stereocenters. The normalized spacial score (nSPS) is 11.2. The van der Waals surface area contributed by atoms with Gasteiger partial charge in [-0.2, -0.15) is 4.52 Å². The lowest BCUT2D eigenvalue weighted by atomic mass is 10.2. The minimum atomic E-state index is -0.615. The van der Waals surface area contributed by atoms with Gasteiger partial charge in [-0.05, 0) is 25.1 Å². The summed E-state index contributed by atoms with van der Waals surface area (Å²) in [5, 5.41) is 8.63. The van der Waals surface area contributed by atoms with Gasteiger partial charge in [0.2, 0.25) is 5.69 Å².